The molecule has 2 aromatic carbocycles. The molecule has 1 heterocycles. The fraction of sp³-hybridized carbons (Fsp3) is 0.364. The number of amides is 2. The lowest BCUT2D eigenvalue weighted by atomic mass is 9.82. The summed E-state index contributed by atoms with van der Waals surface area (Å²) < 4.78 is 10.8. The van der Waals surface area contributed by atoms with E-state index in [2.05, 4.69) is 30.4 Å². The third-order valence-electron chi connectivity index (χ3n) is 5.06. The molecular formula is C22H26N2O4. The SMILES string of the molecule is COc1ccc(C2CNC(=O)C(Cc3cccc(C)c3)C2)cc1OCC(N)=O. The molecular weight excluding hydrogens is 356 g/mol. The first-order chi connectivity index (χ1) is 13.5. The van der Waals surface area contributed by atoms with Gasteiger partial charge in [0.1, 0.15) is 0 Å². The van der Waals surface area contributed by atoms with E-state index < -0.39 is 5.91 Å². The molecule has 2 amide bonds. The molecule has 2 unspecified atom stereocenters. The minimum Gasteiger partial charge on any atom is -0.493 e. The maximum absolute atomic E-state index is 12.4. The summed E-state index contributed by atoms with van der Waals surface area (Å²) in [6.45, 7) is 2.42. The van der Waals surface area contributed by atoms with Crippen molar-refractivity contribution in [2.24, 2.45) is 11.7 Å². The smallest absolute Gasteiger partial charge is 0.255 e. The zero-order chi connectivity index (χ0) is 20.1. The van der Waals surface area contributed by atoms with E-state index >= 15 is 0 Å². The first kappa shape index (κ1) is 19.7. The van der Waals surface area contributed by atoms with Crippen molar-refractivity contribution in [3.8, 4) is 11.5 Å². The Morgan fingerprint density at radius 3 is 2.75 bits per heavy atom. The number of nitrogens with one attached hydrogen (secondary N) is 1. The van der Waals surface area contributed by atoms with Crippen molar-refractivity contribution >= 4 is 11.8 Å². The largest absolute Gasteiger partial charge is 0.493 e. The monoisotopic (exact) mass is 382 g/mol. The maximum Gasteiger partial charge on any atom is 0.255 e. The van der Waals surface area contributed by atoms with Crippen molar-refractivity contribution in [2.75, 3.05) is 20.3 Å². The van der Waals surface area contributed by atoms with Crippen molar-refractivity contribution in [3.63, 3.8) is 0 Å². The molecule has 1 saturated heterocycles. The molecule has 1 aliphatic heterocycles. The van der Waals surface area contributed by atoms with Gasteiger partial charge in [-0.05, 0) is 43.0 Å². The van der Waals surface area contributed by atoms with Crippen LogP contribution in [0.3, 0.4) is 0 Å². The molecule has 2 aromatic rings. The minimum atomic E-state index is -0.546. The number of methoxy groups -OCH3 is 1. The average molecular weight is 382 g/mol. The zero-order valence-corrected chi connectivity index (χ0v) is 16.2. The first-order valence-electron chi connectivity index (χ1n) is 9.38. The number of benzene rings is 2. The summed E-state index contributed by atoms with van der Waals surface area (Å²) >= 11 is 0. The summed E-state index contributed by atoms with van der Waals surface area (Å²) in [5.74, 6) is 0.645. The highest BCUT2D eigenvalue weighted by molar-refractivity contribution is 5.80. The quantitative estimate of drug-likeness (QED) is 0.769. The lowest BCUT2D eigenvalue weighted by Crippen LogP contribution is -2.41. The summed E-state index contributed by atoms with van der Waals surface area (Å²) in [5, 5.41) is 3.03. The van der Waals surface area contributed by atoms with E-state index in [0.717, 1.165) is 12.0 Å². The lowest BCUT2D eigenvalue weighted by molar-refractivity contribution is -0.127. The van der Waals surface area contributed by atoms with Gasteiger partial charge in [0.25, 0.3) is 5.91 Å². The molecule has 2 atom stereocenters. The van der Waals surface area contributed by atoms with Crippen molar-refractivity contribution < 1.29 is 19.1 Å². The van der Waals surface area contributed by atoms with Crippen LogP contribution in [-0.4, -0.2) is 32.1 Å². The fourth-order valence-electron chi connectivity index (χ4n) is 3.66. The number of piperidine rings is 1. The molecule has 148 valence electrons. The molecule has 3 N–H and O–H groups in total. The number of carbonyl (C=O) groups is 2. The van der Waals surface area contributed by atoms with Crippen molar-refractivity contribution in [2.45, 2.75) is 25.7 Å². The van der Waals surface area contributed by atoms with E-state index in [9.17, 15) is 9.59 Å². The zero-order valence-electron chi connectivity index (χ0n) is 16.2. The van der Waals surface area contributed by atoms with Crippen LogP contribution in [0.1, 0.15) is 29.0 Å². The number of primary amides is 1. The number of nitrogens with two attached hydrogens (primary N) is 1. The van der Waals surface area contributed by atoms with Crippen LogP contribution in [0.5, 0.6) is 11.5 Å². The minimum absolute atomic E-state index is 0.0855. The van der Waals surface area contributed by atoms with Gasteiger partial charge in [0.15, 0.2) is 18.1 Å². The van der Waals surface area contributed by atoms with Gasteiger partial charge in [0, 0.05) is 18.4 Å². The molecule has 1 fully saturated rings. The molecule has 3 rings (SSSR count). The topological polar surface area (TPSA) is 90.7 Å². The highest BCUT2D eigenvalue weighted by atomic mass is 16.5. The number of aryl methyl sites for hydroxylation is 1. The molecule has 0 radical (unpaired) electrons. The molecule has 6 nitrogen and oxygen atoms in total. The van der Waals surface area contributed by atoms with Gasteiger partial charge < -0.3 is 20.5 Å². The van der Waals surface area contributed by atoms with Gasteiger partial charge in [-0.15, -0.1) is 0 Å². The Morgan fingerprint density at radius 1 is 1.21 bits per heavy atom. The number of hydrogen-bond donors (Lipinski definition) is 2. The predicted octanol–water partition coefficient (Wildman–Crippen LogP) is 2.33. The van der Waals surface area contributed by atoms with E-state index in [1.54, 1.807) is 7.11 Å². The standard InChI is InChI=1S/C22H26N2O4/c1-14-4-3-5-15(8-14)9-17-10-18(12-24-22(17)26)16-6-7-19(27-2)20(11-16)28-13-21(23)25/h3-8,11,17-18H,9-10,12-13H2,1-2H3,(H2,23,25)(H,24,26). The van der Waals surface area contributed by atoms with Crippen LogP contribution >= 0.6 is 0 Å². The highest BCUT2D eigenvalue weighted by Crippen LogP contribution is 2.35. The molecule has 6 heteroatoms. The second-order valence-electron chi connectivity index (χ2n) is 7.23. The van der Waals surface area contributed by atoms with Crippen molar-refractivity contribution in [3.05, 3.63) is 59.2 Å². The van der Waals surface area contributed by atoms with Crippen LogP contribution in [-0.2, 0) is 16.0 Å². The van der Waals surface area contributed by atoms with Crippen LogP contribution in [0.25, 0.3) is 0 Å². The lowest BCUT2D eigenvalue weighted by Gasteiger charge is -2.30. The van der Waals surface area contributed by atoms with Gasteiger partial charge in [-0.25, -0.2) is 0 Å². The van der Waals surface area contributed by atoms with Gasteiger partial charge in [-0.2, -0.15) is 0 Å². The van der Waals surface area contributed by atoms with Gasteiger partial charge in [0.05, 0.1) is 7.11 Å². The van der Waals surface area contributed by atoms with E-state index in [-0.39, 0.29) is 24.3 Å². The Labute approximate surface area is 165 Å². The van der Waals surface area contributed by atoms with Crippen LogP contribution in [0.2, 0.25) is 0 Å². The van der Waals surface area contributed by atoms with E-state index in [4.69, 9.17) is 15.2 Å². The summed E-state index contributed by atoms with van der Waals surface area (Å²) in [6.07, 6.45) is 1.46. The molecule has 0 bridgehead atoms. The molecule has 0 spiro atoms. The molecule has 1 aliphatic rings. The number of hydrogen-bond acceptors (Lipinski definition) is 4. The second kappa shape index (κ2) is 8.78. The maximum atomic E-state index is 12.4. The highest BCUT2D eigenvalue weighted by Gasteiger charge is 2.30. The Bertz CT molecular complexity index is 865. The van der Waals surface area contributed by atoms with Gasteiger partial charge >= 0.3 is 0 Å². The molecule has 0 aromatic heterocycles. The number of ether oxygens (including phenoxy) is 2. The van der Waals surface area contributed by atoms with Crippen LogP contribution in [0, 0.1) is 12.8 Å². The Balaban J connectivity index is 1.76. The number of rotatable bonds is 7. The van der Waals surface area contributed by atoms with E-state index in [0.29, 0.717) is 24.5 Å². The Morgan fingerprint density at radius 2 is 2.04 bits per heavy atom. The van der Waals surface area contributed by atoms with Gasteiger partial charge in [0.2, 0.25) is 5.91 Å². The summed E-state index contributed by atoms with van der Waals surface area (Å²) in [4.78, 5) is 23.4. The molecule has 28 heavy (non-hydrogen) atoms. The third-order valence-corrected chi connectivity index (χ3v) is 5.06. The van der Waals surface area contributed by atoms with Gasteiger partial charge in [-0.3, -0.25) is 9.59 Å². The molecule has 0 aliphatic carbocycles. The van der Waals surface area contributed by atoms with Crippen LogP contribution in [0.4, 0.5) is 0 Å². The second-order valence-corrected chi connectivity index (χ2v) is 7.23. The first-order valence-corrected chi connectivity index (χ1v) is 9.38. The summed E-state index contributed by atoms with van der Waals surface area (Å²) in [5.41, 5.74) is 8.57. The van der Waals surface area contributed by atoms with E-state index in [1.165, 1.54) is 11.1 Å². The van der Waals surface area contributed by atoms with E-state index in [1.807, 2.05) is 24.3 Å². The third kappa shape index (κ3) is 4.82. The Kier molecular flexibility index (Phi) is 6.19. The van der Waals surface area contributed by atoms with Crippen LogP contribution < -0.4 is 20.5 Å². The number of carbonyl (C=O) groups excluding carboxylic acids is 2. The predicted molar refractivity (Wildman–Crippen MR) is 106 cm³/mol. The Hall–Kier alpha value is -3.02. The van der Waals surface area contributed by atoms with Crippen molar-refractivity contribution in [1.82, 2.24) is 5.32 Å². The normalized spacial score (nSPS) is 19.0. The molecule has 0 saturated carbocycles. The average Bonchev–Trinajstić information content (AvgIpc) is 2.68. The van der Waals surface area contributed by atoms with Crippen LogP contribution in [0.15, 0.2) is 42.5 Å². The van der Waals surface area contributed by atoms with Gasteiger partial charge in [-0.1, -0.05) is 35.9 Å². The fourth-order valence-corrected chi connectivity index (χ4v) is 3.66. The summed E-state index contributed by atoms with van der Waals surface area (Å²) in [6, 6.07) is 13.9. The summed E-state index contributed by atoms with van der Waals surface area (Å²) in [7, 11) is 1.55. The van der Waals surface area contributed by atoms with Crippen molar-refractivity contribution in [1.29, 1.82) is 0 Å².